The van der Waals surface area contributed by atoms with Crippen molar-refractivity contribution in [1.82, 2.24) is 19.9 Å². The zero-order valence-electron chi connectivity index (χ0n) is 25.2. The number of nitrogens with zero attached hydrogens (tertiary/aromatic N) is 5. The Hall–Kier alpha value is -4.11. The number of likely N-dealkylation sites (N-methyl/N-ethyl adjacent to an activating group) is 1. The molecule has 0 radical (unpaired) electrons. The van der Waals surface area contributed by atoms with Gasteiger partial charge in [0, 0.05) is 63.3 Å². The van der Waals surface area contributed by atoms with Crippen LogP contribution in [0.25, 0.3) is 11.3 Å². The molecule has 0 bridgehead atoms. The monoisotopic (exact) mass is 635 g/mol. The summed E-state index contributed by atoms with van der Waals surface area (Å²) >= 11 is 0. The Morgan fingerprint density at radius 1 is 1.13 bits per heavy atom. The third-order valence-electron chi connectivity index (χ3n) is 8.23. The summed E-state index contributed by atoms with van der Waals surface area (Å²) in [5.41, 5.74) is -4.74. The maximum absolute atomic E-state index is 16.6. The van der Waals surface area contributed by atoms with Gasteiger partial charge in [0.2, 0.25) is 11.5 Å². The number of nitrogens with one attached hydrogen (secondary N) is 2. The summed E-state index contributed by atoms with van der Waals surface area (Å²) in [6, 6.07) is 2.59. The van der Waals surface area contributed by atoms with Crippen LogP contribution in [0.2, 0.25) is 0 Å². The van der Waals surface area contributed by atoms with E-state index in [0.717, 1.165) is 6.07 Å². The molecule has 0 unspecified atom stereocenters. The van der Waals surface area contributed by atoms with E-state index < -0.39 is 51.7 Å². The van der Waals surface area contributed by atoms with Gasteiger partial charge in [-0.3, -0.25) is 9.59 Å². The number of amides is 1. The average Bonchev–Trinajstić information content (AvgIpc) is 2.99. The lowest BCUT2D eigenvalue weighted by atomic mass is 10.0. The standard InChI is InChI=1S/C30H34F5N7O3/c1-16(2)23-15-42(9-10-45-23)29-36-6-5-21(38-29)25-20(31)12-22(41-8-7-40(4)17(3)14-41)27(26(25)32)39-28(44)18-13-37-24(43)11-19(18)30(33,34)35/h5-6,11-13,16-17,23H,7-10,14-15H2,1-4H3,(H,37,43)(H,39,44)/t17-,23-/m0/s1. The van der Waals surface area contributed by atoms with Gasteiger partial charge < -0.3 is 29.7 Å². The molecule has 10 nitrogen and oxygen atoms in total. The molecule has 15 heteroatoms. The Balaban J connectivity index is 1.59. The molecular formula is C30H34F5N7O3. The van der Waals surface area contributed by atoms with Crippen molar-refractivity contribution >= 4 is 23.2 Å². The van der Waals surface area contributed by atoms with Gasteiger partial charge in [-0.15, -0.1) is 0 Å². The van der Waals surface area contributed by atoms with Crippen molar-refractivity contribution < 1.29 is 31.5 Å². The van der Waals surface area contributed by atoms with Crippen LogP contribution in [0.1, 0.15) is 36.7 Å². The molecule has 0 saturated carbocycles. The van der Waals surface area contributed by atoms with Crippen LogP contribution in [0.4, 0.5) is 39.3 Å². The number of morpholine rings is 1. The van der Waals surface area contributed by atoms with Crippen molar-refractivity contribution in [3.8, 4) is 11.3 Å². The van der Waals surface area contributed by atoms with Crippen molar-refractivity contribution in [3.05, 3.63) is 63.7 Å². The van der Waals surface area contributed by atoms with Crippen molar-refractivity contribution in [1.29, 1.82) is 0 Å². The summed E-state index contributed by atoms with van der Waals surface area (Å²) in [7, 11) is 1.90. The molecule has 242 valence electrons. The van der Waals surface area contributed by atoms with Crippen LogP contribution in [0.3, 0.4) is 0 Å². The Labute approximate surface area is 256 Å². The van der Waals surface area contributed by atoms with Gasteiger partial charge in [-0.05, 0) is 26.0 Å². The highest BCUT2D eigenvalue weighted by atomic mass is 19.4. The number of piperazine rings is 1. The summed E-state index contributed by atoms with van der Waals surface area (Å²) in [6.07, 6.45) is -3.17. The summed E-state index contributed by atoms with van der Waals surface area (Å²) < 4.78 is 79.5. The van der Waals surface area contributed by atoms with E-state index in [1.54, 1.807) is 4.90 Å². The molecule has 1 aromatic carbocycles. The van der Waals surface area contributed by atoms with Gasteiger partial charge in [0.05, 0.1) is 40.8 Å². The molecule has 0 aliphatic carbocycles. The highest BCUT2D eigenvalue weighted by Crippen LogP contribution is 2.39. The summed E-state index contributed by atoms with van der Waals surface area (Å²) in [5.74, 6) is -3.09. The van der Waals surface area contributed by atoms with Gasteiger partial charge in [0.15, 0.2) is 5.82 Å². The number of alkyl halides is 3. The number of carbonyl (C=O) groups is 1. The first-order chi connectivity index (χ1) is 21.2. The lowest BCUT2D eigenvalue weighted by molar-refractivity contribution is -0.138. The van der Waals surface area contributed by atoms with Gasteiger partial charge in [-0.25, -0.2) is 18.7 Å². The molecular weight excluding hydrogens is 601 g/mol. The second-order valence-corrected chi connectivity index (χ2v) is 11.6. The summed E-state index contributed by atoms with van der Waals surface area (Å²) in [4.78, 5) is 41.3. The molecule has 2 atom stereocenters. The van der Waals surface area contributed by atoms with Crippen LogP contribution < -0.4 is 20.7 Å². The quantitative estimate of drug-likeness (QED) is 0.385. The molecule has 4 heterocycles. The first-order valence-electron chi connectivity index (χ1n) is 14.5. The predicted octanol–water partition coefficient (Wildman–Crippen LogP) is 4.38. The smallest absolute Gasteiger partial charge is 0.374 e. The second kappa shape index (κ2) is 12.7. The molecule has 2 aliphatic rings. The summed E-state index contributed by atoms with van der Waals surface area (Å²) in [5, 5.41) is 2.26. The van der Waals surface area contributed by atoms with E-state index in [4.69, 9.17) is 4.74 Å². The maximum atomic E-state index is 16.6. The van der Waals surface area contributed by atoms with E-state index in [1.807, 2.05) is 37.6 Å². The fourth-order valence-corrected chi connectivity index (χ4v) is 5.45. The van der Waals surface area contributed by atoms with Gasteiger partial charge >= 0.3 is 6.18 Å². The van der Waals surface area contributed by atoms with Crippen LogP contribution in [-0.2, 0) is 10.9 Å². The zero-order chi connectivity index (χ0) is 32.6. The Morgan fingerprint density at radius 3 is 2.58 bits per heavy atom. The number of pyridine rings is 1. The lowest BCUT2D eigenvalue weighted by Gasteiger charge is -2.39. The molecule has 2 N–H and O–H groups in total. The predicted molar refractivity (Wildman–Crippen MR) is 158 cm³/mol. The number of ether oxygens (including phenoxy) is 1. The van der Waals surface area contributed by atoms with E-state index in [0.29, 0.717) is 45.5 Å². The molecule has 2 aromatic heterocycles. The maximum Gasteiger partial charge on any atom is 0.417 e. The van der Waals surface area contributed by atoms with Gasteiger partial charge in [-0.1, -0.05) is 13.8 Å². The molecule has 3 aromatic rings. The van der Waals surface area contributed by atoms with Gasteiger partial charge in [0.25, 0.3) is 5.91 Å². The lowest BCUT2D eigenvalue weighted by Crippen LogP contribution is -2.50. The fraction of sp³-hybridized carbons (Fsp3) is 0.467. The van der Waals surface area contributed by atoms with Crippen LogP contribution in [0.5, 0.6) is 0 Å². The van der Waals surface area contributed by atoms with Crippen molar-refractivity contribution in [2.24, 2.45) is 5.92 Å². The molecule has 2 saturated heterocycles. The van der Waals surface area contributed by atoms with Crippen LogP contribution >= 0.6 is 0 Å². The molecule has 45 heavy (non-hydrogen) atoms. The zero-order valence-corrected chi connectivity index (χ0v) is 25.2. The van der Waals surface area contributed by atoms with Crippen molar-refractivity contribution in [2.75, 3.05) is 61.5 Å². The molecule has 2 aliphatic heterocycles. The largest absolute Gasteiger partial charge is 0.417 e. The van der Waals surface area contributed by atoms with Gasteiger partial charge in [-0.2, -0.15) is 13.2 Å². The number of halogens is 5. The van der Waals surface area contributed by atoms with Crippen molar-refractivity contribution in [2.45, 2.75) is 39.1 Å². The normalized spacial score (nSPS) is 19.7. The third kappa shape index (κ3) is 6.78. The molecule has 5 rings (SSSR count). The minimum atomic E-state index is -5.05. The van der Waals surface area contributed by atoms with Crippen molar-refractivity contribution in [3.63, 3.8) is 0 Å². The SMILES string of the molecule is CC(C)[C@@H]1CN(c2nccc(-c3c(F)cc(N4CCN(C)[C@@H](C)C4)c(NC(=O)c4c[nH]c(=O)cc4C(F)(F)F)c3F)n2)CCO1. The molecule has 1 amide bonds. The summed E-state index contributed by atoms with van der Waals surface area (Å²) in [6.45, 7) is 8.48. The Kier molecular flexibility index (Phi) is 9.12. The number of anilines is 3. The van der Waals surface area contributed by atoms with E-state index in [2.05, 4.69) is 20.3 Å². The van der Waals surface area contributed by atoms with Gasteiger partial charge in [0.1, 0.15) is 11.5 Å². The Bertz CT molecular complexity index is 1630. The van der Waals surface area contributed by atoms with Crippen LogP contribution in [0.15, 0.2) is 35.4 Å². The van der Waals surface area contributed by atoms with E-state index in [-0.39, 0.29) is 41.5 Å². The minimum Gasteiger partial charge on any atom is -0.374 e. The molecule has 0 spiro atoms. The fourth-order valence-electron chi connectivity index (χ4n) is 5.45. The highest BCUT2D eigenvalue weighted by Gasteiger charge is 2.37. The number of rotatable bonds is 6. The minimum absolute atomic E-state index is 0.0308. The number of H-pyrrole nitrogens is 1. The van der Waals surface area contributed by atoms with E-state index in [9.17, 15) is 22.8 Å². The van der Waals surface area contributed by atoms with Crippen LogP contribution in [-0.4, -0.2) is 84.3 Å². The second-order valence-electron chi connectivity index (χ2n) is 11.6. The Morgan fingerprint density at radius 2 is 1.89 bits per heavy atom. The van der Waals surface area contributed by atoms with E-state index >= 15 is 8.78 Å². The number of aromatic nitrogens is 3. The van der Waals surface area contributed by atoms with E-state index in [1.165, 1.54) is 12.3 Å². The molecule has 2 fully saturated rings. The number of carbonyl (C=O) groups excluding carboxylic acids is 1. The third-order valence-corrected chi connectivity index (χ3v) is 8.23. The highest BCUT2D eigenvalue weighted by molar-refractivity contribution is 6.07. The number of hydrogen-bond acceptors (Lipinski definition) is 8. The van der Waals surface area contributed by atoms with Crippen LogP contribution in [0, 0.1) is 17.6 Å². The topological polar surface area (TPSA) is 107 Å². The average molecular weight is 636 g/mol. The number of hydrogen-bond donors (Lipinski definition) is 2. The first-order valence-corrected chi connectivity index (χ1v) is 14.5. The number of aromatic amines is 1. The first kappa shape index (κ1) is 32.3. The number of benzene rings is 1.